The highest BCUT2D eigenvalue weighted by molar-refractivity contribution is 5.90. The number of hydrogen-bond acceptors (Lipinski definition) is 6. The van der Waals surface area contributed by atoms with E-state index in [2.05, 4.69) is 6.07 Å². The van der Waals surface area contributed by atoms with Crippen LogP contribution in [-0.2, 0) is 28.9 Å². The molecule has 0 aromatic heterocycles. The summed E-state index contributed by atoms with van der Waals surface area (Å²) >= 11 is 0. The Hall–Kier alpha value is -3.24. The lowest BCUT2D eigenvalue weighted by atomic mass is 9.86. The Morgan fingerprint density at radius 2 is 1.53 bits per heavy atom. The molecule has 0 N–H and O–H groups in total. The number of benzene rings is 2. The lowest BCUT2D eigenvalue weighted by Gasteiger charge is -2.48. The van der Waals surface area contributed by atoms with E-state index in [-0.39, 0.29) is 31.4 Å². The van der Waals surface area contributed by atoms with Gasteiger partial charge in [0.05, 0.1) is 18.3 Å². The van der Waals surface area contributed by atoms with Crippen LogP contribution in [0.2, 0.25) is 0 Å². The van der Waals surface area contributed by atoms with Crippen LogP contribution in [-0.4, -0.2) is 96.3 Å². The standard InChI is InChI=1S/C37H50F2N4O4/c1-36(2,3)47-34(44)41-20-14-30(15-21-41)42-22-17-33(37(38,39)26-42)40-18-12-27(13-19-40)24-29-10-7-11-32-31(29)16-23-43(32)35(45)46-25-28-8-5-4-6-9-28/h4-11,27,30,33H,12-26H2,1-3H3. The fraction of sp³-hybridized carbons (Fsp3) is 0.622. The van der Waals surface area contributed by atoms with Gasteiger partial charge in [-0.3, -0.25) is 14.7 Å². The third-order valence-electron chi connectivity index (χ3n) is 10.4. The predicted molar refractivity (Wildman–Crippen MR) is 178 cm³/mol. The van der Waals surface area contributed by atoms with E-state index in [9.17, 15) is 9.59 Å². The van der Waals surface area contributed by atoms with Gasteiger partial charge in [-0.15, -0.1) is 0 Å². The van der Waals surface area contributed by atoms with Crippen molar-refractivity contribution in [2.75, 3.05) is 50.7 Å². The average Bonchev–Trinajstić information content (AvgIpc) is 3.49. The van der Waals surface area contributed by atoms with Crippen LogP contribution in [0.4, 0.5) is 24.1 Å². The Balaban J connectivity index is 0.971. The van der Waals surface area contributed by atoms with Crippen molar-refractivity contribution in [2.45, 2.75) is 95.9 Å². The van der Waals surface area contributed by atoms with Gasteiger partial charge in [0.2, 0.25) is 0 Å². The van der Waals surface area contributed by atoms with Crippen molar-refractivity contribution in [3.8, 4) is 0 Å². The molecule has 1 atom stereocenters. The SMILES string of the molecule is CC(C)(C)OC(=O)N1CCC(N2CCC(N3CCC(Cc4cccc5c4CCN5C(=O)OCc4ccccc4)CC3)C(F)(F)C2)CC1. The largest absolute Gasteiger partial charge is 0.444 e. The van der Waals surface area contributed by atoms with Gasteiger partial charge < -0.3 is 14.4 Å². The summed E-state index contributed by atoms with van der Waals surface area (Å²) in [6.07, 6.45) is 4.71. The van der Waals surface area contributed by atoms with Crippen molar-refractivity contribution < 1.29 is 27.8 Å². The number of hydrogen-bond donors (Lipinski definition) is 0. The van der Waals surface area contributed by atoms with Gasteiger partial charge in [-0.1, -0.05) is 42.5 Å². The smallest absolute Gasteiger partial charge is 0.414 e. The molecule has 0 spiro atoms. The number of likely N-dealkylation sites (tertiary alicyclic amines) is 3. The minimum absolute atomic E-state index is 0.0699. The van der Waals surface area contributed by atoms with E-state index >= 15 is 8.78 Å². The first-order valence-electron chi connectivity index (χ1n) is 17.4. The van der Waals surface area contributed by atoms with Crippen molar-refractivity contribution in [3.05, 3.63) is 65.2 Å². The maximum absolute atomic E-state index is 15.7. The van der Waals surface area contributed by atoms with Gasteiger partial charge in [-0.05, 0) is 107 Å². The molecule has 256 valence electrons. The number of anilines is 1. The zero-order valence-corrected chi connectivity index (χ0v) is 28.1. The van der Waals surface area contributed by atoms with Crippen molar-refractivity contribution >= 4 is 17.9 Å². The van der Waals surface area contributed by atoms with Gasteiger partial charge >= 0.3 is 12.2 Å². The Morgan fingerprint density at radius 3 is 2.21 bits per heavy atom. The molecular weight excluding hydrogens is 602 g/mol. The highest BCUT2D eigenvalue weighted by Crippen LogP contribution is 2.38. The topological polar surface area (TPSA) is 65.6 Å². The number of halogens is 2. The molecule has 2 aromatic carbocycles. The van der Waals surface area contributed by atoms with Crippen LogP contribution in [0.5, 0.6) is 0 Å². The van der Waals surface area contributed by atoms with Gasteiger partial charge in [-0.25, -0.2) is 18.4 Å². The minimum atomic E-state index is -2.77. The molecule has 47 heavy (non-hydrogen) atoms. The number of piperidine rings is 3. The molecule has 3 saturated heterocycles. The molecular formula is C37H50F2N4O4. The maximum atomic E-state index is 15.7. The summed E-state index contributed by atoms with van der Waals surface area (Å²) in [6, 6.07) is 15.2. The molecule has 0 radical (unpaired) electrons. The fourth-order valence-corrected chi connectivity index (χ4v) is 7.92. The summed E-state index contributed by atoms with van der Waals surface area (Å²) in [5.74, 6) is -2.34. The van der Waals surface area contributed by atoms with Crippen LogP contribution in [0.25, 0.3) is 0 Å². The van der Waals surface area contributed by atoms with Gasteiger partial charge in [0.1, 0.15) is 12.2 Å². The van der Waals surface area contributed by atoms with E-state index in [1.54, 1.807) is 9.80 Å². The van der Waals surface area contributed by atoms with Gasteiger partial charge in [0.15, 0.2) is 0 Å². The molecule has 0 aliphatic carbocycles. The molecule has 8 nitrogen and oxygen atoms in total. The van der Waals surface area contributed by atoms with Crippen LogP contribution >= 0.6 is 0 Å². The predicted octanol–water partition coefficient (Wildman–Crippen LogP) is 6.75. The van der Waals surface area contributed by atoms with E-state index in [0.717, 1.165) is 36.9 Å². The number of amides is 2. The van der Waals surface area contributed by atoms with Crippen molar-refractivity contribution in [2.24, 2.45) is 5.92 Å². The number of carbonyl (C=O) groups is 2. The number of nitrogens with zero attached hydrogens (tertiary/aromatic N) is 4. The maximum Gasteiger partial charge on any atom is 0.414 e. The molecule has 2 amide bonds. The molecule has 4 aliphatic rings. The highest BCUT2D eigenvalue weighted by atomic mass is 19.3. The van der Waals surface area contributed by atoms with E-state index in [4.69, 9.17) is 9.47 Å². The number of carbonyl (C=O) groups excluding carboxylic acids is 2. The Kier molecular flexibility index (Phi) is 10.1. The summed E-state index contributed by atoms with van der Waals surface area (Å²) in [7, 11) is 0. The first kappa shape index (κ1) is 33.7. The highest BCUT2D eigenvalue weighted by Gasteiger charge is 2.49. The zero-order chi connectivity index (χ0) is 33.2. The number of alkyl halides is 2. The van der Waals surface area contributed by atoms with Gasteiger partial charge in [0.25, 0.3) is 5.92 Å². The Morgan fingerprint density at radius 1 is 0.830 bits per heavy atom. The lowest BCUT2D eigenvalue weighted by Crippen LogP contribution is -2.62. The summed E-state index contributed by atoms with van der Waals surface area (Å²) in [6.45, 7) is 9.31. The average molecular weight is 653 g/mol. The van der Waals surface area contributed by atoms with Crippen LogP contribution in [0, 0.1) is 5.92 Å². The van der Waals surface area contributed by atoms with E-state index in [0.29, 0.717) is 64.4 Å². The molecule has 0 saturated carbocycles. The first-order valence-corrected chi connectivity index (χ1v) is 17.4. The van der Waals surface area contributed by atoms with Crippen LogP contribution in [0.3, 0.4) is 0 Å². The van der Waals surface area contributed by atoms with Gasteiger partial charge in [-0.2, -0.15) is 0 Å². The first-order chi connectivity index (χ1) is 22.5. The van der Waals surface area contributed by atoms with E-state index in [1.807, 2.05) is 73.0 Å². The minimum Gasteiger partial charge on any atom is -0.444 e. The van der Waals surface area contributed by atoms with Crippen molar-refractivity contribution in [3.63, 3.8) is 0 Å². The third kappa shape index (κ3) is 8.08. The second-order valence-electron chi connectivity index (χ2n) is 14.8. The fourth-order valence-electron chi connectivity index (χ4n) is 7.92. The van der Waals surface area contributed by atoms with Gasteiger partial charge in [0, 0.05) is 32.2 Å². The molecule has 4 aliphatic heterocycles. The van der Waals surface area contributed by atoms with Crippen LogP contribution < -0.4 is 4.90 Å². The number of ether oxygens (including phenoxy) is 2. The summed E-state index contributed by atoms with van der Waals surface area (Å²) in [5, 5.41) is 0. The second-order valence-corrected chi connectivity index (χ2v) is 14.8. The zero-order valence-electron chi connectivity index (χ0n) is 28.1. The lowest BCUT2D eigenvalue weighted by molar-refractivity contribution is -0.141. The van der Waals surface area contributed by atoms with E-state index < -0.39 is 17.6 Å². The molecule has 3 fully saturated rings. The summed E-state index contributed by atoms with van der Waals surface area (Å²) in [5.41, 5.74) is 3.81. The van der Waals surface area contributed by atoms with Crippen molar-refractivity contribution in [1.82, 2.24) is 14.7 Å². The Bertz CT molecular complexity index is 1380. The van der Waals surface area contributed by atoms with E-state index in [1.165, 1.54) is 11.1 Å². The third-order valence-corrected chi connectivity index (χ3v) is 10.4. The monoisotopic (exact) mass is 652 g/mol. The molecule has 1 unspecified atom stereocenters. The normalized spacial score (nSPS) is 23.0. The molecule has 2 aromatic rings. The summed E-state index contributed by atoms with van der Waals surface area (Å²) in [4.78, 5) is 32.8. The Labute approximate surface area is 278 Å². The quantitative estimate of drug-likeness (QED) is 0.344. The second kappa shape index (κ2) is 14.1. The molecule has 4 heterocycles. The summed E-state index contributed by atoms with van der Waals surface area (Å²) < 4.78 is 42.5. The van der Waals surface area contributed by atoms with Crippen LogP contribution in [0.15, 0.2) is 48.5 Å². The van der Waals surface area contributed by atoms with Crippen molar-refractivity contribution in [1.29, 1.82) is 0 Å². The number of rotatable bonds is 6. The molecule has 6 rings (SSSR count). The number of fused-ring (bicyclic) bond motifs is 1. The molecule has 10 heteroatoms. The molecule has 0 bridgehead atoms. The van der Waals surface area contributed by atoms with Crippen LogP contribution in [0.1, 0.15) is 69.6 Å².